The number of ketones is 1. The van der Waals surface area contributed by atoms with Gasteiger partial charge >= 0.3 is 5.97 Å². The van der Waals surface area contributed by atoms with Gasteiger partial charge in [-0.25, -0.2) is 4.79 Å². The fourth-order valence-electron chi connectivity index (χ4n) is 3.52. The molecular formula is C22H23ClO8S. The smallest absolute Gasteiger partial charge is 0.346 e. The number of rotatable bonds is 6. The van der Waals surface area contributed by atoms with E-state index in [4.69, 9.17) is 25.8 Å². The maximum Gasteiger partial charge on any atom is 0.346 e. The second kappa shape index (κ2) is 9.09. The lowest BCUT2D eigenvalue weighted by molar-refractivity contribution is 0.0455. The fraction of sp³-hybridized carbons (Fsp3) is 0.364. The molecule has 0 aliphatic carbocycles. The number of methoxy groups -OCH3 is 1. The molecule has 32 heavy (non-hydrogen) atoms. The van der Waals surface area contributed by atoms with Gasteiger partial charge in [0, 0.05) is 17.5 Å². The van der Waals surface area contributed by atoms with Crippen LogP contribution < -0.4 is 9.47 Å². The van der Waals surface area contributed by atoms with Crippen molar-refractivity contribution in [2.75, 3.05) is 7.11 Å². The van der Waals surface area contributed by atoms with Gasteiger partial charge in [-0.05, 0) is 37.1 Å². The summed E-state index contributed by atoms with van der Waals surface area (Å²) in [6.07, 6.45) is 0.250. The Morgan fingerprint density at radius 3 is 2.56 bits per heavy atom. The molecule has 0 saturated carbocycles. The van der Waals surface area contributed by atoms with E-state index in [-0.39, 0.29) is 58.7 Å². The molecule has 0 saturated heterocycles. The number of alkyl halides is 1. The first-order valence-electron chi connectivity index (χ1n) is 9.77. The van der Waals surface area contributed by atoms with Gasteiger partial charge in [0.1, 0.15) is 29.4 Å². The predicted octanol–water partition coefficient (Wildman–Crippen LogP) is 4.82. The molecule has 1 unspecified atom stereocenters. The van der Waals surface area contributed by atoms with Crippen LogP contribution in [0.25, 0.3) is 0 Å². The minimum Gasteiger partial charge on any atom is -0.495 e. The third-order valence-electron chi connectivity index (χ3n) is 4.84. The number of carbonyl (C=O) groups is 2. The number of carbonyl (C=O) groups excluding carboxylic acids is 2. The highest BCUT2D eigenvalue weighted by Crippen LogP contribution is 2.44. The molecule has 1 aliphatic heterocycles. The third kappa shape index (κ3) is 4.74. The van der Waals surface area contributed by atoms with E-state index < -0.39 is 20.8 Å². The van der Waals surface area contributed by atoms with E-state index >= 15 is 0 Å². The van der Waals surface area contributed by atoms with Gasteiger partial charge in [-0.15, -0.1) is 0 Å². The zero-order chi connectivity index (χ0) is 23.8. The van der Waals surface area contributed by atoms with Crippen molar-refractivity contribution in [1.29, 1.82) is 0 Å². The van der Waals surface area contributed by atoms with E-state index in [9.17, 15) is 22.6 Å². The number of fused-ring (bicyclic) bond motifs is 2. The van der Waals surface area contributed by atoms with Crippen LogP contribution in [0, 0.1) is 12.8 Å². The predicted molar refractivity (Wildman–Crippen MR) is 117 cm³/mol. The van der Waals surface area contributed by atoms with E-state index in [2.05, 4.69) is 0 Å². The van der Waals surface area contributed by atoms with Gasteiger partial charge in [-0.1, -0.05) is 31.0 Å². The number of hydrogen-bond acceptors (Lipinski definition) is 7. The first-order valence-corrected chi connectivity index (χ1v) is 11.7. The molecule has 0 bridgehead atoms. The second-order valence-electron chi connectivity index (χ2n) is 7.89. The molecule has 172 valence electrons. The maximum atomic E-state index is 12.9. The summed E-state index contributed by atoms with van der Waals surface area (Å²) >= 11 is 6.02. The van der Waals surface area contributed by atoms with Crippen LogP contribution >= 0.6 is 11.6 Å². The van der Waals surface area contributed by atoms with Crippen molar-refractivity contribution in [2.45, 2.75) is 38.5 Å². The minimum absolute atomic E-state index is 0.00166. The van der Waals surface area contributed by atoms with Crippen molar-refractivity contribution in [3.63, 3.8) is 0 Å². The Labute approximate surface area is 191 Å². The molecule has 3 rings (SSSR count). The van der Waals surface area contributed by atoms with E-state index in [1.807, 2.05) is 13.8 Å². The summed E-state index contributed by atoms with van der Waals surface area (Å²) in [6, 6.07) is 6.02. The Morgan fingerprint density at radius 2 is 1.97 bits per heavy atom. The summed E-state index contributed by atoms with van der Waals surface area (Å²) in [7, 11) is -3.33. The van der Waals surface area contributed by atoms with Gasteiger partial charge in [-0.3, -0.25) is 9.35 Å². The lowest BCUT2D eigenvalue weighted by Gasteiger charge is -2.24. The summed E-state index contributed by atoms with van der Waals surface area (Å²) < 4.78 is 47.9. The van der Waals surface area contributed by atoms with Gasteiger partial charge in [0.2, 0.25) is 0 Å². The minimum atomic E-state index is -4.65. The molecule has 0 radical (unpaired) electrons. The normalized spacial score (nSPS) is 14.4. The molecule has 1 N–H and O–H groups in total. The number of halogens is 1. The van der Waals surface area contributed by atoms with E-state index in [1.165, 1.54) is 25.3 Å². The molecule has 1 atom stereocenters. The number of benzene rings is 2. The molecule has 1 heterocycles. The molecule has 8 nitrogen and oxygen atoms in total. The van der Waals surface area contributed by atoms with E-state index in [0.717, 1.165) is 0 Å². The largest absolute Gasteiger partial charge is 0.495 e. The zero-order valence-corrected chi connectivity index (χ0v) is 19.5. The van der Waals surface area contributed by atoms with Gasteiger partial charge in [-0.2, -0.15) is 8.42 Å². The van der Waals surface area contributed by atoms with Crippen LogP contribution in [0.2, 0.25) is 0 Å². The Bertz CT molecular complexity index is 1190. The number of hydrogen-bond donors (Lipinski definition) is 1. The maximum absolute atomic E-state index is 12.9. The van der Waals surface area contributed by atoms with Gasteiger partial charge in [0.05, 0.1) is 12.7 Å². The van der Waals surface area contributed by atoms with Crippen molar-refractivity contribution >= 4 is 33.5 Å². The van der Waals surface area contributed by atoms with Crippen molar-refractivity contribution in [3.05, 3.63) is 52.1 Å². The van der Waals surface area contributed by atoms with Crippen LogP contribution in [0.15, 0.2) is 24.3 Å². The molecule has 0 fully saturated rings. The lowest BCUT2D eigenvalue weighted by atomic mass is 9.97. The quantitative estimate of drug-likeness (QED) is 0.269. The monoisotopic (exact) mass is 482 g/mol. The summed E-state index contributed by atoms with van der Waals surface area (Å²) in [5.41, 5.74) is 1.09. The average molecular weight is 483 g/mol. The Kier molecular flexibility index (Phi) is 6.83. The molecule has 0 amide bonds. The van der Waals surface area contributed by atoms with Crippen molar-refractivity contribution in [3.8, 4) is 17.2 Å². The summed E-state index contributed by atoms with van der Waals surface area (Å²) in [5, 5.41) is 0. The number of esters is 1. The number of Topliss-reactive ketones (excluding diaryl/α,β-unsaturated/α-hetero) is 1. The van der Waals surface area contributed by atoms with Crippen LogP contribution in [0.5, 0.6) is 17.2 Å². The first kappa shape index (κ1) is 24.0. The zero-order valence-electron chi connectivity index (χ0n) is 18.0. The summed E-state index contributed by atoms with van der Waals surface area (Å²) in [6.45, 7) is 5.24. The Balaban J connectivity index is 2.21. The van der Waals surface area contributed by atoms with Crippen molar-refractivity contribution in [2.24, 2.45) is 5.92 Å². The van der Waals surface area contributed by atoms with Crippen molar-refractivity contribution < 1.29 is 36.8 Å². The summed E-state index contributed by atoms with van der Waals surface area (Å²) in [4.78, 5) is 25.5. The highest BCUT2D eigenvalue weighted by molar-refractivity contribution is 7.87. The fourth-order valence-corrected chi connectivity index (χ4v) is 4.18. The molecule has 0 aromatic heterocycles. The molecule has 0 spiro atoms. The molecular weight excluding hydrogens is 460 g/mol. The number of ether oxygens (including phenoxy) is 3. The van der Waals surface area contributed by atoms with Gasteiger partial charge in [0.25, 0.3) is 10.1 Å². The Morgan fingerprint density at radius 1 is 1.28 bits per heavy atom. The van der Waals surface area contributed by atoms with Crippen molar-refractivity contribution in [1.82, 2.24) is 0 Å². The third-order valence-corrected chi connectivity index (χ3v) is 6.53. The molecule has 2 aromatic rings. The van der Waals surface area contributed by atoms with Crippen LogP contribution in [0.4, 0.5) is 0 Å². The second-order valence-corrected chi connectivity index (χ2v) is 10.1. The van der Waals surface area contributed by atoms with Crippen LogP contribution in [0.1, 0.15) is 62.4 Å². The number of aryl methyl sites for hydroxylation is 1. The highest BCUT2D eigenvalue weighted by atomic mass is 35.5. The van der Waals surface area contributed by atoms with E-state index in [1.54, 1.807) is 13.0 Å². The van der Waals surface area contributed by atoms with E-state index in [0.29, 0.717) is 11.1 Å². The topological polar surface area (TPSA) is 116 Å². The Hall–Kier alpha value is -2.62. The SMILES string of the molecule is COc1c(C(=O)CC(C)C)ccc2c1C(=O)OCc1cc(C)cc(C(Cl)S(=O)(=O)O)c1O2. The molecule has 10 heteroatoms. The standard InChI is InChI=1S/C22H23ClO8S/c1-11(2)7-16(24)14-5-6-17-18(20(14)29-4)22(25)30-10-13-8-12(3)9-15(19(13)31-17)21(23)32(26,27)28/h5-6,8-9,11,21H,7,10H2,1-4H3,(H,26,27,28). The summed E-state index contributed by atoms with van der Waals surface area (Å²) in [5.74, 6) is -0.840. The van der Waals surface area contributed by atoms with Crippen LogP contribution in [0.3, 0.4) is 0 Å². The average Bonchev–Trinajstić information content (AvgIpc) is 2.69. The molecule has 1 aliphatic rings. The van der Waals surface area contributed by atoms with Gasteiger partial charge in [0.15, 0.2) is 10.5 Å². The van der Waals surface area contributed by atoms with Crippen LogP contribution in [-0.2, 0) is 21.5 Å². The number of cyclic esters (lactones) is 1. The first-order chi connectivity index (χ1) is 14.9. The highest BCUT2D eigenvalue weighted by Gasteiger charge is 2.33. The van der Waals surface area contributed by atoms with Gasteiger partial charge < -0.3 is 14.2 Å². The lowest BCUT2D eigenvalue weighted by Crippen LogP contribution is -2.17. The molecule has 2 aromatic carbocycles. The van der Waals surface area contributed by atoms with Crippen LogP contribution in [-0.4, -0.2) is 31.8 Å².